The number of cyclic esters (lactones) is 1. The molecule has 1 saturated heterocycles. The molecule has 0 amide bonds. The predicted octanol–water partition coefficient (Wildman–Crippen LogP) is 6.25. The van der Waals surface area contributed by atoms with E-state index in [0.29, 0.717) is 62.0 Å². The molecule has 58 heavy (non-hydrogen) atoms. The van der Waals surface area contributed by atoms with Crippen molar-refractivity contribution >= 4 is 11.8 Å². The average Bonchev–Trinajstić information content (AvgIpc) is 3.88. The highest BCUT2D eigenvalue weighted by Crippen LogP contribution is 2.70. The number of carbonyl (C=O) groups excluding carboxylic acids is 2. The Hall–Kier alpha value is -2.74. The lowest BCUT2D eigenvalue weighted by atomic mass is 9.45. The van der Waals surface area contributed by atoms with Crippen LogP contribution < -0.4 is 0 Å². The summed E-state index contributed by atoms with van der Waals surface area (Å²) in [6.45, 7) is 10.8. The van der Waals surface area contributed by atoms with E-state index in [1.807, 2.05) is 25.4 Å². The van der Waals surface area contributed by atoms with Gasteiger partial charge in [0.05, 0.1) is 42.0 Å². The Morgan fingerprint density at radius 3 is 2.47 bits per heavy atom. The van der Waals surface area contributed by atoms with Gasteiger partial charge in [-0.2, -0.15) is 0 Å². The Labute approximate surface area is 344 Å². The van der Waals surface area contributed by atoms with Crippen molar-refractivity contribution in [1.29, 1.82) is 0 Å². The lowest BCUT2D eigenvalue weighted by molar-refractivity contribution is -0.182. The molecule has 7 aliphatic carbocycles. The van der Waals surface area contributed by atoms with E-state index >= 15 is 0 Å². The Morgan fingerprint density at radius 2 is 1.71 bits per heavy atom. The number of H-pyrrole nitrogens is 1. The van der Waals surface area contributed by atoms with Gasteiger partial charge in [0.2, 0.25) is 0 Å². The van der Waals surface area contributed by atoms with Crippen molar-refractivity contribution in [3.05, 3.63) is 47.3 Å². The summed E-state index contributed by atoms with van der Waals surface area (Å²) in [6, 6.07) is 1.97. The molecule has 1 aliphatic heterocycles. The second-order valence-corrected chi connectivity index (χ2v) is 21.5. The molecule has 0 unspecified atom stereocenters. The number of aliphatic hydroxyl groups is 5. The number of fused-ring (bicyclic) bond motifs is 10. The summed E-state index contributed by atoms with van der Waals surface area (Å²) >= 11 is 0. The first kappa shape index (κ1) is 40.7. The fourth-order valence-electron chi connectivity index (χ4n) is 15.4. The van der Waals surface area contributed by atoms with Gasteiger partial charge in [-0.05, 0) is 148 Å². The quantitative estimate of drug-likeness (QED) is 0.116. The number of aromatic nitrogens is 1. The molecule has 0 radical (unpaired) electrons. The molecule has 19 atom stereocenters. The molecule has 0 bridgehead atoms. The lowest BCUT2D eigenvalue weighted by Gasteiger charge is -2.60. The van der Waals surface area contributed by atoms with Gasteiger partial charge in [-0.25, -0.2) is 0 Å². The van der Waals surface area contributed by atoms with E-state index in [9.17, 15) is 35.1 Å². The van der Waals surface area contributed by atoms with Crippen LogP contribution in [0, 0.1) is 87.8 Å². The van der Waals surface area contributed by atoms with Crippen molar-refractivity contribution < 1.29 is 39.9 Å². The summed E-state index contributed by atoms with van der Waals surface area (Å²) in [4.78, 5) is 30.6. The van der Waals surface area contributed by atoms with Gasteiger partial charge in [0.15, 0.2) is 5.78 Å². The molecule has 8 aliphatic rings. The molecule has 0 aromatic carbocycles. The summed E-state index contributed by atoms with van der Waals surface area (Å²) in [6.07, 6.45) is 13.0. The highest BCUT2D eigenvalue weighted by atomic mass is 16.5. The van der Waals surface area contributed by atoms with Crippen molar-refractivity contribution in [2.75, 3.05) is 6.61 Å². The van der Waals surface area contributed by atoms with Gasteiger partial charge < -0.3 is 35.3 Å². The fourth-order valence-corrected chi connectivity index (χ4v) is 15.4. The zero-order valence-corrected chi connectivity index (χ0v) is 35.2. The molecule has 5 fully saturated rings. The van der Waals surface area contributed by atoms with Crippen molar-refractivity contribution in [3.63, 3.8) is 0 Å². The van der Waals surface area contributed by atoms with Gasteiger partial charge >= 0.3 is 5.97 Å². The Morgan fingerprint density at radius 1 is 0.914 bits per heavy atom. The number of nitrogens with one attached hydrogen (secondary N) is 1. The molecule has 9 heteroatoms. The molecular formula is C49H67NO8. The third-order valence-corrected chi connectivity index (χ3v) is 18.5. The first-order chi connectivity index (χ1) is 27.5. The maximum Gasteiger partial charge on any atom is 0.313 e. The number of hydrogen-bond acceptors (Lipinski definition) is 8. The molecule has 4 saturated carbocycles. The number of aromatic amines is 1. The monoisotopic (exact) mass is 797 g/mol. The first-order valence-electron chi connectivity index (χ1n) is 22.7. The van der Waals surface area contributed by atoms with E-state index in [0.717, 1.165) is 31.2 Å². The van der Waals surface area contributed by atoms with Crippen LogP contribution in [0.25, 0.3) is 0 Å². The van der Waals surface area contributed by atoms with Crippen molar-refractivity contribution in [2.45, 2.75) is 147 Å². The summed E-state index contributed by atoms with van der Waals surface area (Å²) in [5.74, 6) is 6.73. The average molecular weight is 798 g/mol. The van der Waals surface area contributed by atoms with Gasteiger partial charge in [-0.3, -0.25) is 9.59 Å². The smallest absolute Gasteiger partial charge is 0.313 e. The molecular weight excluding hydrogens is 731 g/mol. The molecule has 9 rings (SSSR count). The summed E-state index contributed by atoms with van der Waals surface area (Å²) in [5.41, 5.74) is -1.33. The van der Waals surface area contributed by atoms with Crippen LogP contribution in [-0.2, 0) is 14.3 Å². The molecule has 2 heterocycles. The minimum Gasteiger partial charge on any atom is -0.465 e. The fraction of sp³-hybridized carbons (Fsp3) is 0.755. The van der Waals surface area contributed by atoms with E-state index in [1.54, 1.807) is 18.6 Å². The minimum absolute atomic E-state index is 0.0868. The Balaban J connectivity index is 1.13. The van der Waals surface area contributed by atoms with Crippen LogP contribution in [0.5, 0.6) is 0 Å². The number of ether oxygens (including phenoxy) is 1. The predicted molar refractivity (Wildman–Crippen MR) is 218 cm³/mol. The van der Waals surface area contributed by atoms with Gasteiger partial charge in [0.25, 0.3) is 0 Å². The Bertz CT molecular complexity index is 1910. The topological polar surface area (TPSA) is 160 Å². The third kappa shape index (κ3) is 6.11. The van der Waals surface area contributed by atoms with E-state index in [2.05, 4.69) is 43.7 Å². The SMILES string of the molecule is C[C@H]1CCC2=CC[C@@H]3[C@@H](C[C@@H]([C@@H]4COC(=O)[C@H]4c4cc[nH]c4)C#CC[C@H]4C[C@@]5(O)C6=CC(=O)[C@@H]7C[C@@H](O)[C@@H](O)C[C@]7(C)[C@H]6CC[C@]5(C)[C@H]4[C@@](C)(O)[C@H](O)C[C@H]3C)[C@@H]2C1. The van der Waals surface area contributed by atoms with E-state index < -0.39 is 58.1 Å². The molecule has 1 aromatic rings. The first-order valence-corrected chi connectivity index (χ1v) is 22.7. The number of hydrogen-bond donors (Lipinski definition) is 6. The van der Waals surface area contributed by atoms with Crippen molar-refractivity contribution in [2.24, 2.45) is 75.9 Å². The summed E-state index contributed by atoms with van der Waals surface area (Å²) < 4.78 is 5.85. The normalized spacial score (nSPS) is 51.6. The van der Waals surface area contributed by atoms with Gasteiger partial charge in [-0.1, -0.05) is 45.3 Å². The molecule has 0 spiro atoms. The van der Waals surface area contributed by atoms with Crippen LogP contribution in [0.1, 0.15) is 123 Å². The van der Waals surface area contributed by atoms with Gasteiger partial charge in [-0.15, -0.1) is 5.92 Å². The largest absolute Gasteiger partial charge is 0.465 e. The summed E-state index contributed by atoms with van der Waals surface area (Å²) in [5, 5.41) is 60.2. The van der Waals surface area contributed by atoms with E-state index in [-0.39, 0.29) is 60.1 Å². The lowest BCUT2D eigenvalue weighted by Crippen LogP contribution is -2.63. The number of allylic oxidation sites excluding steroid dienone is 3. The van der Waals surface area contributed by atoms with Gasteiger partial charge in [0.1, 0.15) is 0 Å². The number of aliphatic hydroxyl groups excluding tert-OH is 3. The zero-order valence-electron chi connectivity index (χ0n) is 35.2. The highest BCUT2D eigenvalue weighted by Gasteiger charge is 2.71. The van der Waals surface area contributed by atoms with E-state index in [4.69, 9.17) is 4.74 Å². The highest BCUT2D eigenvalue weighted by molar-refractivity contribution is 5.95. The number of ketones is 1. The van der Waals surface area contributed by atoms with Crippen LogP contribution in [0.3, 0.4) is 0 Å². The summed E-state index contributed by atoms with van der Waals surface area (Å²) in [7, 11) is 0. The van der Waals surface area contributed by atoms with E-state index in [1.165, 1.54) is 6.42 Å². The molecule has 6 N–H and O–H groups in total. The number of esters is 1. The second kappa shape index (κ2) is 14.4. The van der Waals surface area contributed by atoms with Gasteiger partial charge in [0, 0.05) is 47.9 Å². The molecule has 1 aromatic heterocycles. The van der Waals surface area contributed by atoms with Crippen LogP contribution >= 0.6 is 0 Å². The van der Waals surface area contributed by atoms with Crippen LogP contribution in [0.15, 0.2) is 41.8 Å². The number of carbonyl (C=O) groups is 2. The van der Waals surface area contributed by atoms with Crippen molar-refractivity contribution in [1.82, 2.24) is 4.98 Å². The molecule has 316 valence electrons. The molecule has 9 nitrogen and oxygen atoms in total. The van der Waals surface area contributed by atoms with Crippen LogP contribution in [0.2, 0.25) is 0 Å². The minimum atomic E-state index is -1.56. The second-order valence-electron chi connectivity index (χ2n) is 21.5. The maximum absolute atomic E-state index is 14.0. The maximum atomic E-state index is 14.0. The standard InChI is InChI=1S/C49H67NO8/c1-26-9-10-28-11-12-32-27(2)18-42(54)48(5,56)44-30(8-6-7-29(19-34(32)33(28)17-26)35-25-58-45(55)43(35)31-14-16-50-24-31)22-49(57)37-20-39(51)38-21-40(52)41(53)23-46(38,3)36(37)13-15-47(44,49)4/h11,14,16,20,24,26-27,29-30,32-36,38,40-44,50,52-54,56-57H,8-10,12-13,15,17-19,21-23,25H2,1-5H3/t26-,27+,29-,30-,32-,33+,34+,35-,36-,38-,40+,41-,42+,43-,44-,46+,47+,48-,49+/m0/s1. The van der Waals surface area contributed by atoms with Crippen LogP contribution in [-0.4, -0.2) is 78.4 Å². The van der Waals surface area contributed by atoms with Crippen LogP contribution in [0.4, 0.5) is 0 Å². The zero-order chi connectivity index (χ0) is 41.1. The Kier molecular flexibility index (Phi) is 10.1. The third-order valence-electron chi connectivity index (χ3n) is 18.5. The number of rotatable bonds is 2. The van der Waals surface area contributed by atoms with Crippen molar-refractivity contribution in [3.8, 4) is 11.8 Å².